The Hall–Kier alpha value is -3.07. The van der Waals surface area contributed by atoms with E-state index in [-0.39, 0.29) is 36.0 Å². The SMILES string of the molecule is Cc1nc(NC(=O)CN2CCN(C(=O)c3ccco3)CC2)nc2c1C(=O)CC(C)C2. The van der Waals surface area contributed by atoms with Crippen LogP contribution < -0.4 is 5.32 Å². The number of amides is 2. The van der Waals surface area contributed by atoms with Gasteiger partial charge in [0.1, 0.15) is 0 Å². The van der Waals surface area contributed by atoms with Gasteiger partial charge in [0.2, 0.25) is 11.9 Å². The number of piperazine rings is 1. The average Bonchev–Trinajstić information content (AvgIpc) is 3.21. The van der Waals surface area contributed by atoms with Gasteiger partial charge >= 0.3 is 0 Å². The molecule has 158 valence electrons. The van der Waals surface area contributed by atoms with Crippen molar-refractivity contribution in [3.05, 3.63) is 41.1 Å². The van der Waals surface area contributed by atoms with Crippen molar-refractivity contribution < 1.29 is 18.8 Å². The normalized spacial score (nSPS) is 19.5. The molecule has 2 aromatic heterocycles. The van der Waals surface area contributed by atoms with Crippen molar-refractivity contribution in [2.45, 2.75) is 26.7 Å². The van der Waals surface area contributed by atoms with Gasteiger partial charge in [0.05, 0.1) is 29.8 Å². The van der Waals surface area contributed by atoms with Crippen LogP contribution in [-0.4, -0.2) is 70.1 Å². The Labute approximate surface area is 174 Å². The van der Waals surface area contributed by atoms with Gasteiger partial charge in [-0.3, -0.25) is 24.6 Å². The van der Waals surface area contributed by atoms with E-state index in [1.54, 1.807) is 24.0 Å². The molecule has 30 heavy (non-hydrogen) atoms. The van der Waals surface area contributed by atoms with Gasteiger partial charge in [-0.1, -0.05) is 6.92 Å². The van der Waals surface area contributed by atoms with Crippen LogP contribution in [0.3, 0.4) is 0 Å². The summed E-state index contributed by atoms with van der Waals surface area (Å²) in [6.07, 6.45) is 2.70. The molecule has 2 aromatic rings. The van der Waals surface area contributed by atoms with Crippen LogP contribution >= 0.6 is 0 Å². The van der Waals surface area contributed by atoms with Crippen molar-refractivity contribution in [3.63, 3.8) is 0 Å². The number of nitrogens with one attached hydrogen (secondary N) is 1. The Balaban J connectivity index is 1.32. The maximum Gasteiger partial charge on any atom is 0.289 e. The van der Waals surface area contributed by atoms with Gasteiger partial charge in [-0.25, -0.2) is 9.97 Å². The predicted molar refractivity (Wildman–Crippen MR) is 108 cm³/mol. The van der Waals surface area contributed by atoms with E-state index in [0.29, 0.717) is 61.7 Å². The number of carbonyl (C=O) groups is 3. The smallest absolute Gasteiger partial charge is 0.289 e. The molecule has 1 saturated heterocycles. The molecular weight excluding hydrogens is 386 g/mol. The zero-order chi connectivity index (χ0) is 21.3. The molecule has 1 fully saturated rings. The number of aryl methyl sites for hydroxylation is 1. The lowest BCUT2D eigenvalue weighted by molar-refractivity contribution is -0.117. The molecule has 0 spiro atoms. The number of hydrogen-bond donors (Lipinski definition) is 1. The lowest BCUT2D eigenvalue weighted by Gasteiger charge is -2.33. The van der Waals surface area contributed by atoms with Crippen LogP contribution in [0.2, 0.25) is 0 Å². The number of anilines is 1. The Morgan fingerprint density at radius 1 is 1.20 bits per heavy atom. The number of nitrogens with zero attached hydrogens (tertiary/aromatic N) is 4. The first kappa shape index (κ1) is 20.2. The molecule has 0 aromatic carbocycles. The second-order valence-electron chi connectivity index (χ2n) is 7.98. The van der Waals surface area contributed by atoms with Gasteiger partial charge in [-0.05, 0) is 31.4 Å². The van der Waals surface area contributed by atoms with Gasteiger partial charge < -0.3 is 9.32 Å². The molecule has 3 heterocycles. The van der Waals surface area contributed by atoms with E-state index in [2.05, 4.69) is 15.3 Å². The lowest BCUT2D eigenvalue weighted by atomic mass is 9.86. The fourth-order valence-corrected chi connectivity index (χ4v) is 4.05. The van der Waals surface area contributed by atoms with Crippen molar-refractivity contribution in [2.75, 3.05) is 38.0 Å². The number of ketones is 1. The predicted octanol–water partition coefficient (Wildman–Crippen LogP) is 1.54. The average molecular weight is 411 g/mol. The maximum absolute atomic E-state index is 12.5. The van der Waals surface area contributed by atoms with E-state index in [9.17, 15) is 14.4 Å². The van der Waals surface area contributed by atoms with Crippen LogP contribution in [0, 0.1) is 12.8 Å². The first-order valence-electron chi connectivity index (χ1n) is 10.2. The third-order valence-electron chi connectivity index (χ3n) is 5.53. The highest BCUT2D eigenvalue weighted by Crippen LogP contribution is 2.26. The van der Waals surface area contributed by atoms with Crippen LogP contribution in [0.25, 0.3) is 0 Å². The highest BCUT2D eigenvalue weighted by molar-refractivity contribution is 5.99. The molecule has 4 rings (SSSR count). The molecule has 1 unspecified atom stereocenters. The Morgan fingerprint density at radius 3 is 2.67 bits per heavy atom. The summed E-state index contributed by atoms with van der Waals surface area (Å²) >= 11 is 0. The number of furan rings is 1. The van der Waals surface area contributed by atoms with Crippen molar-refractivity contribution in [1.29, 1.82) is 0 Å². The summed E-state index contributed by atoms with van der Waals surface area (Å²) in [5.74, 6) is 0.531. The quantitative estimate of drug-likeness (QED) is 0.813. The van der Waals surface area contributed by atoms with Crippen LogP contribution in [0.5, 0.6) is 0 Å². The Morgan fingerprint density at radius 2 is 1.97 bits per heavy atom. The summed E-state index contributed by atoms with van der Waals surface area (Å²) < 4.78 is 5.16. The summed E-state index contributed by atoms with van der Waals surface area (Å²) in [5, 5.41) is 2.76. The Kier molecular flexibility index (Phi) is 5.63. The lowest BCUT2D eigenvalue weighted by Crippen LogP contribution is -2.50. The molecule has 9 heteroatoms. The molecular formula is C21H25N5O4. The largest absolute Gasteiger partial charge is 0.459 e. The number of Topliss-reactive ketones (excluding diaryl/α,β-unsaturated/α-hetero) is 1. The molecule has 2 aliphatic rings. The van der Waals surface area contributed by atoms with Crippen molar-refractivity contribution in [1.82, 2.24) is 19.8 Å². The zero-order valence-electron chi connectivity index (χ0n) is 17.2. The number of aromatic nitrogens is 2. The second-order valence-corrected chi connectivity index (χ2v) is 7.98. The minimum Gasteiger partial charge on any atom is -0.459 e. The minimum atomic E-state index is -0.213. The third-order valence-corrected chi connectivity index (χ3v) is 5.53. The zero-order valence-corrected chi connectivity index (χ0v) is 17.2. The molecule has 9 nitrogen and oxygen atoms in total. The number of fused-ring (bicyclic) bond motifs is 1. The van der Waals surface area contributed by atoms with E-state index >= 15 is 0 Å². The molecule has 1 aliphatic carbocycles. The number of hydrogen-bond acceptors (Lipinski definition) is 7. The summed E-state index contributed by atoms with van der Waals surface area (Å²) in [7, 11) is 0. The topological polar surface area (TPSA) is 109 Å². The fraction of sp³-hybridized carbons (Fsp3) is 0.476. The third kappa shape index (κ3) is 4.25. The van der Waals surface area contributed by atoms with E-state index in [1.165, 1.54) is 6.26 Å². The van der Waals surface area contributed by atoms with E-state index in [1.807, 2.05) is 11.8 Å². The summed E-state index contributed by atoms with van der Waals surface area (Å²) in [5.41, 5.74) is 1.92. The Bertz CT molecular complexity index is 964. The summed E-state index contributed by atoms with van der Waals surface area (Å²) in [6, 6.07) is 3.34. The fourth-order valence-electron chi connectivity index (χ4n) is 4.05. The van der Waals surface area contributed by atoms with Crippen LogP contribution in [-0.2, 0) is 11.2 Å². The molecule has 2 amide bonds. The molecule has 0 saturated carbocycles. The molecule has 1 N–H and O–H groups in total. The molecule has 0 radical (unpaired) electrons. The van der Waals surface area contributed by atoms with Crippen LogP contribution in [0.15, 0.2) is 22.8 Å². The van der Waals surface area contributed by atoms with Gasteiger partial charge in [0.15, 0.2) is 11.5 Å². The van der Waals surface area contributed by atoms with E-state index in [4.69, 9.17) is 4.42 Å². The van der Waals surface area contributed by atoms with Crippen molar-refractivity contribution in [3.8, 4) is 0 Å². The highest BCUT2D eigenvalue weighted by Gasteiger charge is 2.28. The molecule has 0 bridgehead atoms. The van der Waals surface area contributed by atoms with Crippen LogP contribution in [0.4, 0.5) is 5.95 Å². The second kappa shape index (κ2) is 8.35. The molecule has 1 atom stereocenters. The number of rotatable bonds is 4. The van der Waals surface area contributed by atoms with Gasteiger partial charge in [0, 0.05) is 32.6 Å². The summed E-state index contributed by atoms with van der Waals surface area (Å²) in [6.45, 7) is 6.23. The van der Waals surface area contributed by atoms with Gasteiger partial charge in [-0.2, -0.15) is 0 Å². The standard InChI is InChI=1S/C21H25N5O4/c1-13-10-15-19(16(27)11-13)14(2)22-21(23-15)24-18(28)12-25-5-7-26(8-6-25)20(29)17-4-3-9-30-17/h3-4,9,13H,5-8,10-12H2,1-2H3,(H,22,23,24,28). The van der Waals surface area contributed by atoms with E-state index in [0.717, 1.165) is 0 Å². The first-order valence-corrected chi connectivity index (χ1v) is 10.2. The minimum absolute atomic E-state index is 0.0705. The highest BCUT2D eigenvalue weighted by atomic mass is 16.3. The van der Waals surface area contributed by atoms with Crippen molar-refractivity contribution in [2.24, 2.45) is 5.92 Å². The monoisotopic (exact) mass is 411 g/mol. The van der Waals surface area contributed by atoms with E-state index < -0.39 is 0 Å². The first-order chi connectivity index (χ1) is 14.4. The summed E-state index contributed by atoms with van der Waals surface area (Å²) in [4.78, 5) is 49.5. The molecule has 1 aliphatic heterocycles. The number of carbonyl (C=O) groups excluding carboxylic acids is 3. The van der Waals surface area contributed by atoms with Gasteiger partial charge in [0.25, 0.3) is 5.91 Å². The van der Waals surface area contributed by atoms with Crippen LogP contribution in [0.1, 0.15) is 45.6 Å². The van der Waals surface area contributed by atoms with Crippen molar-refractivity contribution >= 4 is 23.5 Å². The van der Waals surface area contributed by atoms with Gasteiger partial charge in [-0.15, -0.1) is 0 Å². The maximum atomic E-state index is 12.5.